The molecule has 0 saturated heterocycles. The number of hydrogen-bond acceptors (Lipinski definition) is 3. The van der Waals surface area contributed by atoms with Gasteiger partial charge in [-0.1, -0.05) is 17.7 Å². The Bertz CT molecular complexity index is 937. The fraction of sp³-hybridized carbons (Fsp3) is 0. The van der Waals surface area contributed by atoms with Gasteiger partial charge in [0, 0.05) is 16.8 Å². The Hall–Kier alpha value is -3.08. The molecule has 0 atom stereocenters. The van der Waals surface area contributed by atoms with Crippen LogP contribution in [-0.4, -0.2) is 9.38 Å². The van der Waals surface area contributed by atoms with Gasteiger partial charge >= 0.3 is 0 Å². The topological polar surface area (TPSA) is 64.9 Å². The molecule has 5 heteroatoms. The largest absolute Gasteiger partial charge is 0.299 e. The molecular formula is C17H9ClN4. The number of hydrogen-bond donors (Lipinski definition) is 0. The third-order valence-electron chi connectivity index (χ3n) is 3.20. The van der Waals surface area contributed by atoms with E-state index in [2.05, 4.69) is 4.98 Å². The predicted octanol–water partition coefficient (Wildman–Crippen LogP) is 4.09. The van der Waals surface area contributed by atoms with Crippen molar-refractivity contribution in [1.29, 1.82) is 10.5 Å². The highest BCUT2D eigenvalue weighted by Gasteiger charge is 2.11. The summed E-state index contributed by atoms with van der Waals surface area (Å²) in [5.41, 5.74) is 2.34. The van der Waals surface area contributed by atoms with Gasteiger partial charge in [0.05, 0.1) is 11.2 Å². The maximum absolute atomic E-state index is 8.92. The fourth-order valence-corrected chi connectivity index (χ4v) is 2.32. The van der Waals surface area contributed by atoms with E-state index in [0.717, 1.165) is 16.9 Å². The van der Waals surface area contributed by atoms with Crippen LogP contribution in [-0.2, 0) is 0 Å². The highest BCUT2D eigenvalue weighted by Crippen LogP contribution is 2.25. The number of rotatable bonds is 2. The second kappa shape index (κ2) is 5.73. The van der Waals surface area contributed by atoms with Gasteiger partial charge in [0.2, 0.25) is 0 Å². The summed E-state index contributed by atoms with van der Waals surface area (Å²) in [5, 5.41) is 18.5. The van der Waals surface area contributed by atoms with Crippen molar-refractivity contribution in [1.82, 2.24) is 9.38 Å². The van der Waals surface area contributed by atoms with Crippen LogP contribution in [0, 0.1) is 22.7 Å². The second-order valence-corrected chi connectivity index (χ2v) is 5.00. The molecule has 3 rings (SSSR count). The Kier molecular flexibility index (Phi) is 3.62. The third-order valence-corrected chi connectivity index (χ3v) is 3.45. The molecule has 0 aliphatic carbocycles. The maximum atomic E-state index is 8.92. The molecule has 104 valence electrons. The molecule has 0 bridgehead atoms. The Morgan fingerprint density at radius 2 is 1.82 bits per heavy atom. The van der Waals surface area contributed by atoms with E-state index in [1.807, 2.05) is 53.1 Å². The minimum Gasteiger partial charge on any atom is -0.299 e. The van der Waals surface area contributed by atoms with Crippen molar-refractivity contribution in [2.24, 2.45) is 0 Å². The summed E-state index contributed by atoms with van der Waals surface area (Å²) >= 11 is 5.92. The van der Waals surface area contributed by atoms with Crippen LogP contribution < -0.4 is 0 Å². The van der Waals surface area contributed by atoms with Crippen molar-refractivity contribution in [3.63, 3.8) is 0 Å². The second-order valence-electron chi connectivity index (χ2n) is 4.57. The number of fused-ring (bicyclic) bond motifs is 1. The Morgan fingerprint density at radius 3 is 2.50 bits per heavy atom. The smallest absolute Gasteiger partial charge is 0.145 e. The highest BCUT2D eigenvalue weighted by atomic mass is 35.5. The zero-order valence-corrected chi connectivity index (χ0v) is 12.1. The predicted molar refractivity (Wildman–Crippen MR) is 84.8 cm³/mol. The van der Waals surface area contributed by atoms with Gasteiger partial charge in [0.15, 0.2) is 0 Å². The summed E-state index contributed by atoms with van der Waals surface area (Å²) in [6, 6.07) is 16.8. The van der Waals surface area contributed by atoms with Crippen molar-refractivity contribution in [2.45, 2.75) is 0 Å². The zero-order valence-electron chi connectivity index (χ0n) is 11.4. The number of halogens is 1. The van der Waals surface area contributed by atoms with E-state index in [1.165, 1.54) is 6.08 Å². The van der Waals surface area contributed by atoms with Crippen LogP contribution in [0.25, 0.3) is 23.0 Å². The first-order chi connectivity index (χ1) is 10.7. The van der Waals surface area contributed by atoms with Gasteiger partial charge in [-0.25, -0.2) is 4.98 Å². The first-order valence-corrected chi connectivity index (χ1v) is 6.85. The normalized spacial score (nSPS) is 9.95. The quantitative estimate of drug-likeness (QED) is 0.670. The van der Waals surface area contributed by atoms with Gasteiger partial charge in [-0.05, 0) is 42.5 Å². The number of nitrogens with zero attached hydrogens (tertiary/aromatic N) is 4. The lowest BCUT2D eigenvalue weighted by Crippen LogP contribution is -1.87. The minimum absolute atomic E-state index is 0.0199. The summed E-state index contributed by atoms with van der Waals surface area (Å²) in [4.78, 5) is 4.57. The lowest BCUT2D eigenvalue weighted by Gasteiger charge is -2.00. The van der Waals surface area contributed by atoms with Gasteiger partial charge in [0.25, 0.3) is 0 Å². The molecule has 0 unspecified atom stereocenters. The van der Waals surface area contributed by atoms with Crippen molar-refractivity contribution in [2.75, 3.05) is 0 Å². The molecule has 0 amide bonds. The average Bonchev–Trinajstić information content (AvgIpc) is 2.92. The molecule has 0 aliphatic heterocycles. The molecule has 0 fully saturated rings. The number of allylic oxidation sites excluding steroid dienone is 1. The number of nitriles is 2. The van der Waals surface area contributed by atoms with E-state index in [-0.39, 0.29) is 5.57 Å². The van der Waals surface area contributed by atoms with E-state index in [0.29, 0.717) is 10.7 Å². The van der Waals surface area contributed by atoms with E-state index < -0.39 is 0 Å². The number of pyridine rings is 1. The molecule has 3 aromatic rings. The van der Waals surface area contributed by atoms with Gasteiger partial charge in [-0.15, -0.1) is 0 Å². The lowest BCUT2D eigenvalue weighted by atomic mass is 10.2. The van der Waals surface area contributed by atoms with Crippen LogP contribution in [0.4, 0.5) is 0 Å². The van der Waals surface area contributed by atoms with E-state index in [9.17, 15) is 0 Å². The maximum Gasteiger partial charge on any atom is 0.145 e. The number of aromatic nitrogens is 2. The first kappa shape index (κ1) is 13.9. The molecule has 0 saturated carbocycles. The highest BCUT2D eigenvalue weighted by molar-refractivity contribution is 6.30. The van der Waals surface area contributed by atoms with Crippen LogP contribution in [0.1, 0.15) is 5.69 Å². The summed E-state index contributed by atoms with van der Waals surface area (Å²) in [5.74, 6) is 0.730. The molecule has 0 spiro atoms. The molecular weight excluding hydrogens is 296 g/mol. The summed E-state index contributed by atoms with van der Waals surface area (Å²) in [7, 11) is 0. The Balaban J connectivity index is 2.25. The monoisotopic (exact) mass is 304 g/mol. The zero-order chi connectivity index (χ0) is 15.5. The Morgan fingerprint density at radius 1 is 1.09 bits per heavy atom. The van der Waals surface area contributed by atoms with Crippen molar-refractivity contribution in [3.05, 3.63) is 65.0 Å². The molecule has 2 aromatic heterocycles. The summed E-state index contributed by atoms with van der Waals surface area (Å²) in [6.07, 6.45) is 3.39. The summed E-state index contributed by atoms with van der Waals surface area (Å²) < 4.78 is 1.92. The SMILES string of the molecule is N#CC(C#N)=Cc1nc(-c2ccc(Cl)cc2)n2ccccc12. The van der Waals surface area contributed by atoms with Gasteiger partial charge < -0.3 is 0 Å². The van der Waals surface area contributed by atoms with Crippen LogP contribution in [0.2, 0.25) is 5.02 Å². The molecule has 1 aromatic carbocycles. The molecule has 0 radical (unpaired) electrons. The van der Waals surface area contributed by atoms with E-state index in [1.54, 1.807) is 12.1 Å². The van der Waals surface area contributed by atoms with E-state index >= 15 is 0 Å². The first-order valence-electron chi connectivity index (χ1n) is 6.48. The number of benzene rings is 1. The van der Waals surface area contributed by atoms with Crippen LogP contribution >= 0.6 is 11.6 Å². The van der Waals surface area contributed by atoms with Gasteiger partial charge in [-0.3, -0.25) is 4.40 Å². The molecule has 0 N–H and O–H groups in total. The molecule has 0 aliphatic rings. The number of imidazole rings is 1. The third kappa shape index (κ3) is 2.44. The fourth-order valence-electron chi connectivity index (χ4n) is 2.20. The van der Waals surface area contributed by atoms with Crippen LogP contribution in [0.15, 0.2) is 54.2 Å². The van der Waals surface area contributed by atoms with Crippen molar-refractivity contribution < 1.29 is 0 Å². The van der Waals surface area contributed by atoms with Crippen molar-refractivity contribution in [3.8, 4) is 23.5 Å². The lowest BCUT2D eigenvalue weighted by molar-refractivity contribution is 1.16. The van der Waals surface area contributed by atoms with Crippen molar-refractivity contribution >= 4 is 23.2 Å². The molecule has 4 nitrogen and oxygen atoms in total. The molecule has 22 heavy (non-hydrogen) atoms. The van der Waals surface area contributed by atoms with Gasteiger partial charge in [-0.2, -0.15) is 10.5 Å². The Labute approximate surface area is 132 Å². The standard InChI is InChI=1S/C17H9ClN4/c18-14-6-4-13(5-7-14)17-21-15(9-12(10-19)11-20)16-3-1-2-8-22(16)17/h1-9H. The van der Waals surface area contributed by atoms with Crippen LogP contribution in [0.5, 0.6) is 0 Å². The van der Waals surface area contributed by atoms with Gasteiger partial charge in [0.1, 0.15) is 23.5 Å². The summed E-state index contributed by atoms with van der Waals surface area (Å²) in [6.45, 7) is 0. The van der Waals surface area contributed by atoms with E-state index in [4.69, 9.17) is 22.1 Å². The molecule has 2 heterocycles. The minimum atomic E-state index is 0.0199. The van der Waals surface area contributed by atoms with Crippen LogP contribution in [0.3, 0.4) is 0 Å². The average molecular weight is 305 g/mol.